The molecule has 3 aliphatic rings. The number of benzene rings is 1. The number of carbonyl (C=O) groups is 1. The van der Waals surface area contributed by atoms with Gasteiger partial charge in [-0.05, 0) is 31.4 Å². The molecule has 0 radical (unpaired) electrons. The standard InChI is InChI=1S/C20H28N6O2/c1-28-19-5-3-2-4-15(19)10-22-20(27)18-13-25-7-6-14(18)8-17(25)12-26-11-16(9-21)23-24-26/h2-5,11,14,17-18H,6-10,12-13,21H2,1H3,(H,22,27)/t14?,17-,18+/m1/s1. The first-order chi connectivity index (χ1) is 13.7. The Balaban J connectivity index is 1.34. The van der Waals surface area contributed by atoms with Crippen molar-refractivity contribution in [2.45, 2.75) is 38.5 Å². The van der Waals surface area contributed by atoms with Gasteiger partial charge in [-0.3, -0.25) is 14.4 Å². The number of aromatic nitrogens is 3. The van der Waals surface area contributed by atoms with Crippen molar-refractivity contribution in [1.82, 2.24) is 25.2 Å². The molecule has 150 valence electrons. The van der Waals surface area contributed by atoms with E-state index in [1.807, 2.05) is 35.1 Å². The molecule has 8 nitrogen and oxygen atoms in total. The van der Waals surface area contributed by atoms with Crippen LogP contribution in [0, 0.1) is 11.8 Å². The first kappa shape index (κ1) is 18.9. The molecule has 8 heteroatoms. The maximum atomic E-state index is 12.8. The van der Waals surface area contributed by atoms with Crippen molar-refractivity contribution in [3.63, 3.8) is 0 Å². The summed E-state index contributed by atoms with van der Waals surface area (Å²) in [6.45, 7) is 3.57. The molecule has 2 aromatic rings. The zero-order valence-corrected chi connectivity index (χ0v) is 16.3. The number of carbonyl (C=O) groups excluding carboxylic acids is 1. The highest BCUT2D eigenvalue weighted by molar-refractivity contribution is 5.79. The lowest BCUT2D eigenvalue weighted by atomic mass is 9.75. The van der Waals surface area contributed by atoms with Gasteiger partial charge in [0.05, 0.1) is 25.3 Å². The number of amides is 1. The molecular weight excluding hydrogens is 356 g/mol. The first-order valence-electron chi connectivity index (χ1n) is 9.90. The van der Waals surface area contributed by atoms with Gasteiger partial charge in [-0.25, -0.2) is 0 Å². The molecule has 3 aliphatic heterocycles. The second-order valence-electron chi connectivity index (χ2n) is 7.71. The fourth-order valence-corrected chi connectivity index (χ4v) is 4.52. The molecule has 3 saturated heterocycles. The van der Waals surface area contributed by atoms with Crippen LogP contribution in [-0.2, 0) is 24.4 Å². The van der Waals surface area contributed by atoms with Crippen molar-refractivity contribution in [3.05, 3.63) is 41.7 Å². The average Bonchev–Trinajstić information content (AvgIpc) is 3.20. The van der Waals surface area contributed by atoms with E-state index in [1.165, 1.54) is 0 Å². The van der Waals surface area contributed by atoms with Crippen LogP contribution in [0.1, 0.15) is 24.1 Å². The molecular formula is C20H28N6O2. The summed E-state index contributed by atoms with van der Waals surface area (Å²) >= 11 is 0. The summed E-state index contributed by atoms with van der Waals surface area (Å²) in [6.07, 6.45) is 4.01. The van der Waals surface area contributed by atoms with Crippen molar-refractivity contribution in [2.75, 3.05) is 20.2 Å². The van der Waals surface area contributed by atoms with Crippen LogP contribution >= 0.6 is 0 Å². The molecule has 4 atom stereocenters. The van der Waals surface area contributed by atoms with Gasteiger partial charge in [-0.15, -0.1) is 5.10 Å². The Morgan fingerprint density at radius 3 is 2.96 bits per heavy atom. The van der Waals surface area contributed by atoms with Crippen LogP contribution in [0.4, 0.5) is 0 Å². The highest BCUT2D eigenvalue weighted by atomic mass is 16.5. The van der Waals surface area contributed by atoms with Crippen LogP contribution in [0.25, 0.3) is 0 Å². The van der Waals surface area contributed by atoms with Crippen LogP contribution in [-0.4, -0.2) is 52.0 Å². The zero-order chi connectivity index (χ0) is 19.5. The number of nitrogens with one attached hydrogen (secondary N) is 1. The topological polar surface area (TPSA) is 98.3 Å². The molecule has 1 aromatic carbocycles. The van der Waals surface area contributed by atoms with Gasteiger partial charge < -0.3 is 15.8 Å². The number of ether oxygens (including phenoxy) is 1. The van der Waals surface area contributed by atoms with E-state index in [0.717, 1.165) is 49.5 Å². The number of piperidine rings is 3. The lowest BCUT2D eigenvalue weighted by molar-refractivity contribution is -0.133. The van der Waals surface area contributed by atoms with E-state index in [0.29, 0.717) is 25.0 Å². The van der Waals surface area contributed by atoms with Gasteiger partial charge in [0.1, 0.15) is 5.75 Å². The number of hydrogen-bond acceptors (Lipinski definition) is 6. The molecule has 3 N–H and O–H groups in total. The van der Waals surface area contributed by atoms with E-state index in [9.17, 15) is 4.79 Å². The SMILES string of the molecule is COc1ccccc1CNC(=O)[C@H]1CN2CCC1C[C@@H]2Cn1cc(CN)nn1. The number of methoxy groups -OCH3 is 1. The van der Waals surface area contributed by atoms with Crippen LogP contribution in [0.2, 0.25) is 0 Å². The lowest BCUT2D eigenvalue weighted by Crippen LogP contribution is -2.58. The quantitative estimate of drug-likeness (QED) is 0.732. The summed E-state index contributed by atoms with van der Waals surface area (Å²) in [4.78, 5) is 15.3. The summed E-state index contributed by atoms with van der Waals surface area (Å²) in [5, 5.41) is 11.4. The van der Waals surface area contributed by atoms with Crippen molar-refractivity contribution in [1.29, 1.82) is 0 Å². The van der Waals surface area contributed by atoms with E-state index in [2.05, 4.69) is 20.5 Å². The molecule has 2 bridgehead atoms. The summed E-state index contributed by atoms with van der Waals surface area (Å²) < 4.78 is 7.25. The molecule has 0 aliphatic carbocycles. The third-order valence-corrected chi connectivity index (χ3v) is 6.05. The fourth-order valence-electron chi connectivity index (χ4n) is 4.52. The van der Waals surface area contributed by atoms with Gasteiger partial charge in [0, 0.05) is 37.4 Å². The van der Waals surface area contributed by atoms with Gasteiger partial charge >= 0.3 is 0 Å². The van der Waals surface area contributed by atoms with Crippen molar-refractivity contribution in [3.8, 4) is 5.75 Å². The van der Waals surface area contributed by atoms with E-state index in [-0.39, 0.29) is 11.8 Å². The number of para-hydroxylation sites is 1. The smallest absolute Gasteiger partial charge is 0.224 e. The van der Waals surface area contributed by atoms with Crippen molar-refractivity contribution in [2.24, 2.45) is 17.6 Å². The van der Waals surface area contributed by atoms with Gasteiger partial charge in [-0.1, -0.05) is 23.4 Å². The van der Waals surface area contributed by atoms with Crippen molar-refractivity contribution >= 4 is 5.91 Å². The van der Waals surface area contributed by atoms with Gasteiger partial charge in [0.25, 0.3) is 0 Å². The predicted octanol–water partition coefficient (Wildman–Crippen LogP) is 0.772. The van der Waals surface area contributed by atoms with Crippen LogP contribution in [0.3, 0.4) is 0 Å². The molecule has 0 saturated carbocycles. The van der Waals surface area contributed by atoms with E-state index < -0.39 is 0 Å². The molecule has 1 amide bonds. The molecule has 0 spiro atoms. The van der Waals surface area contributed by atoms with Gasteiger partial charge in [0.2, 0.25) is 5.91 Å². The Morgan fingerprint density at radius 2 is 2.25 bits per heavy atom. The third kappa shape index (κ3) is 3.88. The first-order valence-corrected chi connectivity index (χ1v) is 9.90. The zero-order valence-electron chi connectivity index (χ0n) is 16.3. The average molecular weight is 384 g/mol. The summed E-state index contributed by atoms with van der Waals surface area (Å²) in [6, 6.07) is 8.20. The van der Waals surface area contributed by atoms with Gasteiger partial charge in [-0.2, -0.15) is 0 Å². The van der Waals surface area contributed by atoms with Crippen LogP contribution in [0.15, 0.2) is 30.5 Å². The number of fused-ring (bicyclic) bond motifs is 3. The fraction of sp³-hybridized carbons (Fsp3) is 0.550. The lowest BCUT2D eigenvalue weighted by Gasteiger charge is -2.49. The highest BCUT2D eigenvalue weighted by Gasteiger charge is 2.43. The number of rotatable bonds is 7. The van der Waals surface area contributed by atoms with Gasteiger partial charge in [0.15, 0.2) is 0 Å². The Hall–Kier alpha value is -2.45. The maximum absolute atomic E-state index is 12.8. The van der Waals surface area contributed by atoms with Crippen LogP contribution < -0.4 is 15.8 Å². The molecule has 5 rings (SSSR count). The minimum atomic E-state index is 0.0510. The summed E-state index contributed by atoms with van der Waals surface area (Å²) in [5.74, 6) is 1.42. The second kappa shape index (κ2) is 8.28. The number of nitrogens with two attached hydrogens (primary N) is 1. The second-order valence-corrected chi connectivity index (χ2v) is 7.71. The minimum Gasteiger partial charge on any atom is -0.496 e. The normalized spacial score (nSPS) is 26.2. The van der Waals surface area contributed by atoms with E-state index in [1.54, 1.807) is 7.11 Å². The largest absolute Gasteiger partial charge is 0.496 e. The Morgan fingerprint density at radius 1 is 1.39 bits per heavy atom. The van der Waals surface area contributed by atoms with Crippen LogP contribution in [0.5, 0.6) is 5.75 Å². The molecule has 3 fully saturated rings. The Kier molecular flexibility index (Phi) is 5.59. The number of nitrogens with zero attached hydrogens (tertiary/aromatic N) is 4. The van der Waals surface area contributed by atoms with E-state index in [4.69, 9.17) is 10.5 Å². The third-order valence-electron chi connectivity index (χ3n) is 6.05. The molecule has 1 aromatic heterocycles. The minimum absolute atomic E-state index is 0.0510. The Bertz CT molecular complexity index is 823. The maximum Gasteiger partial charge on any atom is 0.224 e. The van der Waals surface area contributed by atoms with Crippen molar-refractivity contribution < 1.29 is 9.53 Å². The summed E-state index contributed by atoms with van der Waals surface area (Å²) in [7, 11) is 1.65. The van der Waals surface area contributed by atoms with E-state index >= 15 is 0 Å². The molecule has 28 heavy (non-hydrogen) atoms. The summed E-state index contributed by atoms with van der Waals surface area (Å²) in [5.41, 5.74) is 7.43. The molecule has 4 heterocycles. The molecule has 2 unspecified atom stereocenters. The Labute approximate surface area is 165 Å². The monoisotopic (exact) mass is 384 g/mol. The predicted molar refractivity (Wildman–Crippen MR) is 104 cm³/mol. The number of hydrogen-bond donors (Lipinski definition) is 2. The highest BCUT2D eigenvalue weighted by Crippen LogP contribution is 2.37.